The summed E-state index contributed by atoms with van der Waals surface area (Å²) < 4.78 is 26.8. The van der Waals surface area contributed by atoms with E-state index < -0.39 is 10.0 Å². The van der Waals surface area contributed by atoms with Crippen LogP contribution < -0.4 is 5.32 Å². The highest BCUT2D eigenvalue weighted by Crippen LogP contribution is 2.24. The molecule has 0 spiro atoms. The lowest BCUT2D eigenvalue weighted by Gasteiger charge is -2.23. The minimum absolute atomic E-state index is 0.124. The third-order valence-corrected chi connectivity index (χ3v) is 5.11. The summed E-state index contributed by atoms with van der Waals surface area (Å²) >= 11 is 6.03. The van der Waals surface area contributed by atoms with Crippen molar-refractivity contribution in [2.45, 2.75) is 18.2 Å². The Morgan fingerprint density at radius 2 is 1.95 bits per heavy atom. The number of rotatable bonds is 8. The first-order valence-electron chi connectivity index (χ1n) is 6.81. The summed E-state index contributed by atoms with van der Waals surface area (Å²) in [5.74, 6) is 0.464. The molecular formula is C13H23ClN4O2S. The van der Waals surface area contributed by atoms with E-state index in [4.69, 9.17) is 11.6 Å². The molecule has 0 fully saturated rings. The first kappa shape index (κ1) is 18.2. The van der Waals surface area contributed by atoms with Gasteiger partial charge in [0.2, 0.25) is 10.0 Å². The normalized spacial score (nSPS) is 12.1. The zero-order valence-electron chi connectivity index (χ0n) is 12.9. The standard InChI is InChI=1S/C13H23ClN4O2S/c1-5-6-18(8-7-17(3)4)21(19,20)11-9-12(14)13(15-2)16-10-11/h9-10H,5-8H2,1-4H3,(H,15,16). The highest BCUT2D eigenvalue weighted by atomic mass is 35.5. The number of likely N-dealkylation sites (N-methyl/N-ethyl adjacent to an activating group) is 1. The molecule has 1 rings (SSSR count). The van der Waals surface area contributed by atoms with Crippen LogP contribution in [-0.4, -0.2) is 63.4 Å². The number of hydrogen-bond acceptors (Lipinski definition) is 5. The predicted molar refractivity (Wildman–Crippen MR) is 86.4 cm³/mol. The molecule has 21 heavy (non-hydrogen) atoms. The molecule has 0 radical (unpaired) electrons. The van der Waals surface area contributed by atoms with Crippen LogP contribution in [0.2, 0.25) is 5.02 Å². The van der Waals surface area contributed by atoms with Crippen LogP contribution in [0.1, 0.15) is 13.3 Å². The minimum atomic E-state index is -3.57. The lowest BCUT2D eigenvalue weighted by molar-refractivity contribution is 0.333. The van der Waals surface area contributed by atoms with Crippen LogP contribution in [0.25, 0.3) is 0 Å². The molecule has 1 aromatic rings. The van der Waals surface area contributed by atoms with Gasteiger partial charge in [-0.3, -0.25) is 0 Å². The Labute approximate surface area is 132 Å². The SMILES string of the molecule is CCCN(CCN(C)C)S(=O)(=O)c1cnc(NC)c(Cl)c1. The molecule has 1 aromatic heterocycles. The lowest BCUT2D eigenvalue weighted by atomic mass is 10.4. The number of pyridine rings is 1. The minimum Gasteiger partial charge on any atom is -0.372 e. The monoisotopic (exact) mass is 334 g/mol. The Kier molecular flexibility index (Phi) is 6.86. The molecule has 0 unspecified atom stereocenters. The molecule has 0 aliphatic heterocycles. The van der Waals surface area contributed by atoms with Gasteiger partial charge in [-0.05, 0) is 26.6 Å². The fourth-order valence-electron chi connectivity index (χ4n) is 1.81. The van der Waals surface area contributed by atoms with Crippen molar-refractivity contribution in [3.63, 3.8) is 0 Å². The largest absolute Gasteiger partial charge is 0.372 e. The smallest absolute Gasteiger partial charge is 0.244 e. The van der Waals surface area contributed by atoms with Crippen molar-refractivity contribution in [2.24, 2.45) is 0 Å². The van der Waals surface area contributed by atoms with Gasteiger partial charge in [0.1, 0.15) is 10.7 Å². The van der Waals surface area contributed by atoms with Crippen molar-refractivity contribution in [2.75, 3.05) is 46.1 Å². The van der Waals surface area contributed by atoms with Gasteiger partial charge in [0.25, 0.3) is 0 Å². The number of anilines is 1. The summed E-state index contributed by atoms with van der Waals surface area (Å²) in [6, 6.07) is 1.44. The number of hydrogen-bond donors (Lipinski definition) is 1. The number of halogens is 1. The Bertz CT molecular complexity index is 563. The summed E-state index contributed by atoms with van der Waals surface area (Å²) in [4.78, 5) is 6.12. The van der Waals surface area contributed by atoms with Crippen molar-refractivity contribution in [1.29, 1.82) is 0 Å². The van der Waals surface area contributed by atoms with Gasteiger partial charge in [-0.2, -0.15) is 4.31 Å². The van der Waals surface area contributed by atoms with Crippen molar-refractivity contribution in [3.8, 4) is 0 Å². The maximum Gasteiger partial charge on any atom is 0.244 e. The predicted octanol–water partition coefficient (Wildman–Crippen LogP) is 1.74. The summed E-state index contributed by atoms with van der Waals surface area (Å²) in [7, 11) is 1.94. The summed E-state index contributed by atoms with van der Waals surface area (Å²) in [6.07, 6.45) is 2.09. The molecule has 0 saturated carbocycles. The second-order valence-electron chi connectivity index (χ2n) is 4.96. The zero-order valence-corrected chi connectivity index (χ0v) is 14.5. The van der Waals surface area contributed by atoms with E-state index >= 15 is 0 Å². The second-order valence-corrected chi connectivity index (χ2v) is 7.30. The van der Waals surface area contributed by atoms with Gasteiger partial charge in [-0.1, -0.05) is 18.5 Å². The molecule has 1 heterocycles. The Hall–Kier alpha value is -0.890. The van der Waals surface area contributed by atoms with Gasteiger partial charge in [0.15, 0.2) is 0 Å². The second kappa shape index (κ2) is 7.93. The highest BCUT2D eigenvalue weighted by molar-refractivity contribution is 7.89. The summed E-state index contributed by atoms with van der Waals surface area (Å²) in [5, 5.41) is 3.10. The molecule has 0 amide bonds. The third kappa shape index (κ3) is 4.81. The average molecular weight is 335 g/mol. The quantitative estimate of drug-likeness (QED) is 0.784. The molecule has 0 bridgehead atoms. The van der Waals surface area contributed by atoms with Gasteiger partial charge in [0.05, 0.1) is 5.02 Å². The van der Waals surface area contributed by atoms with Gasteiger partial charge in [-0.15, -0.1) is 0 Å². The summed E-state index contributed by atoms with van der Waals surface area (Å²) in [6.45, 7) is 3.53. The maximum absolute atomic E-state index is 12.7. The van der Waals surface area contributed by atoms with Gasteiger partial charge >= 0.3 is 0 Å². The van der Waals surface area contributed by atoms with Crippen LogP contribution in [0, 0.1) is 0 Å². The fourth-order valence-corrected chi connectivity index (χ4v) is 3.63. The number of aromatic nitrogens is 1. The molecule has 0 aliphatic rings. The van der Waals surface area contributed by atoms with E-state index in [1.165, 1.54) is 16.6 Å². The van der Waals surface area contributed by atoms with E-state index in [9.17, 15) is 8.42 Å². The van der Waals surface area contributed by atoms with Gasteiger partial charge in [-0.25, -0.2) is 13.4 Å². The van der Waals surface area contributed by atoms with Gasteiger partial charge in [0, 0.05) is 32.9 Å². The molecule has 6 nitrogen and oxygen atoms in total. The van der Waals surface area contributed by atoms with Crippen molar-refractivity contribution in [1.82, 2.24) is 14.2 Å². The number of nitrogens with zero attached hydrogens (tertiary/aromatic N) is 3. The van der Waals surface area contributed by atoms with Crippen LogP contribution in [0.5, 0.6) is 0 Å². The Morgan fingerprint density at radius 1 is 1.29 bits per heavy atom. The van der Waals surface area contributed by atoms with Crippen LogP contribution >= 0.6 is 11.6 Å². The van der Waals surface area contributed by atoms with E-state index in [0.29, 0.717) is 30.5 Å². The van der Waals surface area contributed by atoms with Crippen molar-refractivity contribution in [3.05, 3.63) is 17.3 Å². The van der Waals surface area contributed by atoms with Crippen LogP contribution in [-0.2, 0) is 10.0 Å². The van der Waals surface area contributed by atoms with E-state index in [1.807, 2.05) is 25.9 Å². The highest BCUT2D eigenvalue weighted by Gasteiger charge is 2.24. The first-order valence-corrected chi connectivity index (χ1v) is 8.63. The summed E-state index contributed by atoms with van der Waals surface area (Å²) in [5.41, 5.74) is 0. The Morgan fingerprint density at radius 3 is 2.43 bits per heavy atom. The first-order chi connectivity index (χ1) is 9.82. The van der Waals surface area contributed by atoms with Crippen molar-refractivity contribution < 1.29 is 8.42 Å². The molecule has 1 N–H and O–H groups in total. The fraction of sp³-hybridized carbons (Fsp3) is 0.615. The molecule has 120 valence electrons. The average Bonchev–Trinajstić information content (AvgIpc) is 2.42. The Balaban J connectivity index is 3.07. The van der Waals surface area contributed by atoms with Crippen LogP contribution in [0.15, 0.2) is 17.2 Å². The van der Waals surface area contributed by atoms with Crippen molar-refractivity contribution >= 4 is 27.4 Å². The van der Waals surface area contributed by atoms with E-state index in [1.54, 1.807) is 7.05 Å². The molecule has 0 aliphatic carbocycles. The maximum atomic E-state index is 12.7. The van der Waals surface area contributed by atoms with E-state index in [0.717, 1.165) is 6.42 Å². The van der Waals surface area contributed by atoms with Crippen LogP contribution in [0.3, 0.4) is 0 Å². The molecule has 0 saturated heterocycles. The number of nitrogens with one attached hydrogen (secondary N) is 1. The molecule has 8 heteroatoms. The molecule has 0 atom stereocenters. The number of sulfonamides is 1. The third-order valence-electron chi connectivity index (χ3n) is 2.96. The molecular weight excluding hydrogens is 312 g/mol. The zero-order chi connectivity index (χ0) is 16.0. The topological polar surface area (TPSA) is 65.5 Å². The van der Waals surface area contributed by atoms with Gasteiger partial charge < -0.3 is 10.2 Å². The molecule has 0 aromatic carbocycles. The van der Waals surface area contributed by atoms with E-state index in [2.05, 4.69) is 10.3 Å². The van der Waals surface area contributed by atoms with Crippen LogP contribution in [0.4, 0.5) is 5.82 Å². The lowest BCUT2D eigenvalue weighted by Crippen LogP contribution is -2.37. The van der Waals surface area contributed by atoms with E-state index in [-0.39, 0.29) is 4.90 Å².